The van der Waals surface area contributed by atoms with E-state index < -0.39 is 13.8 Å². The molecule has 0 radical (unpaired) electrons. The van der Waals surface area contributed by atoms with Gasteiger partial charge in [-0.1, -0.05) is 23.7 Å². The van der Waals surface area contributed by atoms with E-state index >= 15 is 0 Å². The van der Waals surface area contributed by atoms with E-state index in [1.54, 1.807) is 38.1 Å². The van der Waals surface area contributed by atoms with Crippen LogP contribution in [0.15, 0.2) is 24.3 Å². The van der Waals surface area contributed by atoms with Crippen molar-refractivity contribution in [3.8, 4) is 0 Å². The molecule has 0 bridgehead atoms. The second-order valence-corrected chi connectivity index (χ2v) is 7.01. The van der Waals surface area contributed by atoms with Crippen molar-refractivity contribution in [3.05, 3.63) is 34.9 Å². The Morgan fingerprint density at radius 1 is 1.14 bits per heavy atom. The SMILES string of the molecule is CC(C)(c1ccc(Cl)cc1)S(=O)(=O)Cl. The van der Waals surface area contributed by atoms with E-state index in [1.807, 2.05) is 0 Å². The normalized spacial score (nSPS) is 12.9. The van der Waals surface area contributed by atoms with Gasteiger partial charge < -0.3 is 0 Å². The molecular formula is C9H10Cl2O2S. The lowest BCUT2D eigenvalue weighted by atomic mass is 10.0. The van der Waals surface area contributed by atoms with E-state index in [1.165, 1.54) is 0 Å². The third-order valence-corrected chi connectivity index (χ3v) is 5.01. The Morgan fingerprint density at radius 2 is 1.57 bits per heavy atom. The Bertz CT molecular complexity index is 421. The molecule has 0 saturated carbocycles. The molecule has 0 fully saturated rings. The molecule has 1 aromatic rings. The zero-order valence-electron chi connectivity index (χ0n) is 7.79. The van der Waals surface area contributed by atoms with Crippen LogP contribution in [0.1, 0.15) is 19.4 Å². The van der Waals surface area contributed by atoms with Gasteiger partial charge in [-0.15, -0.1) is 0 Å². The number of rotatable bonds is 2. The Labute approximate surface area is 93.3 Å². The van der Waals surface area contributed by atoms with Gasteiger partial charge in [0, 0.05) is 15.7 Å². The van der Waals surface area contributed by atoms with Crippen LogP contribution in [0.3, 0.4) is 0 Å². The molecule has 5 heteroatoms. The van der Waals surface area contributed by atoms with Crippen molar-refractivity contribution in [2.45, 2.75) is 18.6 Å². The molecule has 0 aromatic heterocycles. The summed E-state index contributed by atoms with van der Waals surface area (Å²) in [6.45, 7) is 3.11. The molecule has 0 unspecified atom stereocenters. The maximum Gasteiger partial charge on any atom is 0.241 e. The number of hydrogen-bond acceptors (Lipinski definition) is 2. The molecule has 0 amide bonds. The van der Waals surface area contributed by atoms with Crippen LogP contribution in [0.25, 0.3) is 0 Å². The third-order valence-electron chi connectivity index (χ3n) is 2.15. The van der Waals surface area contributed by atoms with Crippen LogP contribution >= 0.6 is 22.3 Å². The Morgan fingerprint density at radius 3 is 1.93 bits per heavy atom. The molecule has 0 spiro atoms. The maximum atomic E-state index is 11.3. The Balaban J connectivity index is 3.24. The predicted octanol–water partition coefficient (Wildman–Crippen LogP) is 3.14. The molecule has 14 heavy (non-hydrogen) atoms. The van der Waals surface area contributed by atoms with Gasteiger partial charge >= 0.3 is 0 Å². The lowest BCUT2D eigenvalue weighted by Gasteiger charge is -2.21. The van der Waals surface area contributed by atoms with Crippen molar-refractivity contribution < 1.29 is 8.42 Å². The minimum Gasteiger partial charge on any atom is -0.211 e. The summed E-state index contributed by atoms with van der Waals surface area (Å²) in [5.74, 6) is 0. The van der Waals surface area contributed by atoms with Crippen molar-refractivity contribution >= 4 is 31.3 Å². The minimum absolute atomic E-state index is 0.566. The molecule has 0 heterocycles. The molecule has 1 rings (SSSR count). The van der Waals surface area contributed by atoms with E-state index in [9.17, 15) is 8.42 Å². The molecule has 78 valence electrons. The molecule has 0 aliphatic heterocycles. The summed E-state index contributed by atoms with van der Waals surface area (Å²) in [6.07, 6.45) is 0. The van der Waals surface area contributed by atoms with Crippen LogP contribution < -0.4 is 0 Å². The smallest absolute Gasteiger partial charge is 0.211 e. The van der Waals surface area contributed by atoms with Gasteiger partial charge in [0.05, 0.1) is 0 Å². The zero-order chi connectivity index (χ0) is 11.0. The number of hydrogen-bond donors (Lipinski definition) is 0. The summed E-state index contributed by atoms with van der Waals surface area (Å²) < 4.78 is 21.4. The maximum absolute atomic E-state index is 11.3. The zero-order valence-corrected chi connectivity index (χ0v) is 10.1. The minimum atomic E-state index is -3.64. The van der Waals surface area contributed by atoms with Crippen molar-refractivity contribution in [3.63, 3.8) is 0 Å². The molecule has 0 atom stereocenters. The molecule has 0 aliphatic rings. The predicted molar refractivity (Wildman–Crippen MR) is 59.3 cm³/mol. The van der Waals surface area contributed by atoms with Crippen LogP contribution in [-0.2, 0) is 13.8 Å². The fourth-order valence-corrected chi connectivity index (χ4v) is 1.80. The molecule has 2 nitrogen and oxygen atoms in total. The summed E-state index contributed by atoms with van der Waals surface area (Å²) >= 11 is 5.69. The van der Waals surface area contributed by atoms with Gasteiger partial charge in [-0.25, -0.2) is 8.42 Å². The summed E-state index contributed by atoms with van der Waals surface area (Å²) in [5, 5.41) is 0.566. The first-order valence-corrected chi connectivity index (χ1v) is 6.64. The van der Waals surface area contributed by atoms with E-state index in [4.69, 9.17) is 22.3 Å². The second-order valence-electron chi connectivity index (χ2n) is 3.46. The number of benzene rings is 1. The van der Waals surface area contributed by atoms with Gasteiger partial charge in [-0.2, -0.15) is 0 Å². The van der Waals surface area contributed by atoms with Gasteiger partial charge in [0.15, 0.2) is 0 Å². The first-order valence-electron chi connectivity index (χ1n) is 3.95. The standard InChI is InChI=1S/C9H10Cl2O2S/c1-9(2,14(11,12)13)7-3-5-8(10)6-4-7/h3-6H,1-2H3. The van der Waals surface area contributed by atoms with Crippen molar-refractivity contribution in [1.82, 2.24) is 0 Å². The van der Waals surface area contributed by atoms with E-state index in [-0.39, 0.29) is 0 Å². The van der Waals surface area contributed by atoms with Gasteiger partial charge in [-0.05, 0) is 31.5 Å². The lowest BCUT2D eigenvalue weighted by Crippen LogP contribution is -2.24. The quantitative estimate of drug-likeness (QED) is 0.759. The Kier molecular flexibility index (Phi) is 3.14. The average molecular weight is 253 g/mol. The highest BCUT2D eigenvalue weighted by Gasteiger charge is 2.34. The van der Waals surface area contributed by atoms with Crippen molar-refractivity contribution in [2.24, 2.45) is 0 Å². The lowest BCUT2D eigenvalue weighted by molar-refractivity contribution is 0.570. The summed E-state index contributed by atoms with van der Waals surface area (Å²) in [4.78, 5) is 0. The van der Waals surface area contributed by atoms with Crippen molar-refractivity contribution in [1.29, 1.82) is 0 Å². The van der Waals surface area contributed by atoms with Gasteiger partial charge in [0.1, 0.15) is 4.75 Å². The van der Waals surface area contributed by atoms with Gasteiger partial charge in [0.25, 0.3) is 0 Å². The van der Waals surface area contributed by atoms with Gasteiger partial charge in [0.2, 0.25) is 9.05 Å². The first-order chi connectivity index (χ1) is 6.25. The van der Waals surface area contributed by atoms with Crippen LogP contribution in [0, 0.1) is 0 Å². The molecule has 0 N–H and O–H groups in total. The third kappa shape index (κ3) is 2.22. The highest BCUT2D eigenvalue weighted by Crippen LogP contribution is 2.32. The fourth-order valence-electron chi connectivity index (χ4n) is 0.992. The topological polar surface area (TPSA) is 34.1 Å². The molecule has 0 saturated heterocycles. The van der Waals surface area contributed by atoms with Crippen LogP contribution in [0.4, 0.5) is 0 Å². The van der Waals surface area contributed by atoms with Crippen LogP contribution in [0.5, 0.6) is 0 Å². The van der Waals surface area contributed by atoms with Crippen LogP contribution in [0.2, 0.25) is 5.02 Å². The van der Waals surface area contributed by atoms with E-state index in [0.717, 1.165) is 0 Å². The van der Waals surface area contributed by atoms with Gasteiger partial charge in [-0.3, -0.25) is 0 Å². The van der Waals surface area contributed by atoms with E-state index in [0.29, 0.717) is 10.6 Å². The van der Waals surface area contributed by atoms with Crippen molar-refractivity contribution in [2.75, 3.05) is 0 Å². The largest absolute Gasteiger partial charge is 0.241 e. The molecular weight excluding hydrogens is 243 g/mol. The highest BCUT2D eigenvalue weighted by molar-refractivity contribution is 8.14. The summed E-state index contributed by atoms with van der Waals surface area (Å²) in [7, 11) is 1.70. The second kappa shape index (κ2) is 3.72. The number of halogens is 2. The summed E-state index contributed by atoms with van der Waals surface area (Å²) in [5.41, 5.74) is 0.622. The first kappa shape index (κ1) is 11.8. The monoisotopic (exact) mass is 252 g/mol. The summed E-state index contributed by atoms with van der Waals surface area (Å²) in [6, 6.07) is 6.59. The Hall–Kier alpha value is -0.250. The molecule has 1 aromatic carbocycles. The van der Waals surface area contributed by atoms with Crippen LogP contribution in [-0.4, -0.2) is 8.42 Å². The highest BCUT2D eigenvalue weighted by atomic mass is 35.7. The average Bonchev–Trinajstić information content (AvgIpc) is 2.03. The molecule has 0 aliphatic carbocycles. The fraction of sp³-hybridized carbons (Fsp3) is 0.333. The van der Waals surface area contributed by atoms with E-state index in [2.05, 4.69) is 0 Å².